The Morgan fingerprint density at radius 3 is 2.79 bits per heavy atom. The van der Waals surface area contributed by atoms with E-state index in [1.165, 1.54) is 12.3 Å². The first-order valence-corrected chi connectivity index (χ1v) is 7.54. The van der Waals surface area contributed by atoms with Gasteiger partial charge in [0.05, 0.1) is 23.4 Å². The van der Waals surface area contributed by atoms with Crippen molar-refractivity contribution >= 4 is 27.3 Å². The van der Waals surface area contributed by atoms with Crippen LogP contribution in [0.15, 0.2) is 12.3 Å². The molecule has 8 heteroatoms. The molecule has 19 heavy (non-hydrogen) atoms. The average Bonchev–Trinajstić information content (AvgIpc) is 2.68. The third-order valence-electron chi connectivity index (χ3n) is 3.21. The van der Waals surface area contributed by atoms with E-state index >= 15 is 0 Å². The number of hydrogen-bond acceptors (Lipinski definition) is 6. The van der Waals surface area contributed by atoms with Crippen LogP contribution in [0.5, 0.6) is 0 Å². The molecule has 1 aliphatic rings. The molecule has 0 spiro atoms. The van der Waals surface area contributed by atoms with Crippen molar-refractivity contribution in [1.82, 2.24) is 4.98 Å². The zero-order valence-corrected chi connectivity index (χ0v) is 11.2. The number of carboxylic acids is 1. The molecular formula is C11H15N3O4S. The molecule has 1 atom stereocenters. The van der Waals surface area contributed by atoms with E-state index in [1.807, 2.05) is 0 Å². The van der Waals surface area contributed by atoms with Gasteiger partial charge >= 0.3 is 5.97 Å². The number of rotatable bonds is 3. The molecule has 7 nitrogen and oxygen atoms in total. The minimum Gasteiger partial charge on any atom is -0.478 e. The average molecular weight is 285 g/mol. The number of nitrogen functional groups attached to an aromatic ring is 1. The second kappa shape index (κ2) is 4.69. The smallest absolute Gasteiger partial charge is 0.339 e. The summed E-state index contributed by atoms with van der Waals surface area (Å²) < 4.78 is 22.9. The minimum absolute atomic E-state index is 0.0215. The van der Waals surface area contributed by atoms with Crippen LogP contribution in [0.1, 0.15) is 16.8 Å². The van der Waals surface area contributed by atoms with Crippen LogP contribution in [0.4, 0.5) is 11.5 Å². The van der Waals surface area contributed by atoms with Crippen LogP contribution in [-0.2, 0) is 9.84 Å². The van der Waals surface area contributed by atoms with Gasteiger partial charge in [0.1, 0.15) is 11.4 Å². The Morgan fingerprint density at radius 2 is 2.26 bits per heavy atom. The van der Waals surface area contributed by atoms with Crippen molar-refractivity contribution in [2.24, 2.45) is 0 Å². The molecule has 1 saturated heterocycles. The maximum Gasteiger partial charge on any atom is 0.339 e. The number of aromatic carboxylic acids is 1. The van der Waals surface area contributed by atoms with Gasteiger partial charge in [-0.05, 0) is 12.5 Å². The third-order valence-corrected chi connectivity index (χ3v) is 4.96. The number of hydrogen-bond donors (Lipinski definition) is 2. The van der Waals surface area contributed by atoms with E-state index in [2.05, 4.69) is 4.98 Å². The normalized spacial score (nSPS) is 21.2. The summed E-state index contributed by atoms with van der Waals surface area (Å²) >= 11 is 0. The van der Waals surface area contributed by atoms with E-state index in [-0.39, 0.29) is 34.6 Å². The molecular weight excluding hydrogens is 270 g/mol. The van der Waals surface area contributed by atoms with Crippen LogP contribution in [0.25, 0.3) is 0 Å². The van der Waals surface area contributed by atoms with E-state index in [9.17, 15) is 13.2 Å². The van der Waals surface area contributed by atoms with Crippen LogP contribution in [0, 0.1) is 0 Å². The quantitative estimate of drug-likeness (QED) is 0.802. The number of aromatic nitrogens is 1. The summed E-state index contributed by atoms with van der Waals surface area (Å²) in [6.07, 6.45) is 1.84. The molecule has 1 aromatic rings. The SMILES string of the molecule is CN(c1ncc(N)cc1C(=O)O)C1CCS(=O)(=O)C1. The van der Waals surface area contributed by atoms with Gasteiger partial charge in [-0.25, -0.2) is 18.2 Å². The monoisotopic (exact) mass is 285 g/mol. The summed E-state index contributed by atoms with van der Waals surface area (Å²) in [5, 5.41) is 9.14. The van der Waals surface area contributed by atoms with Crippen LogP contribution in [-0.4, -0.2) is 49.1 Å². The first-order valence-electron chi connectivity index (χ1n) is 5.72. The first-order chi connectivity index (χ1) is 8.80. The molecule has 2 rings (SSSR count). The second-order valence-electron chi connectivity index (χ2n) is 4.61. The Labute approximate surface area is 111 Å². The number of carboxylic acid groups (broad SMARTS) is 1. The summed E-state index contributed by atoms with van der Waals surface area (Å²) in [4.78, 5) is 16.8. The molecule has 0 radical (unpaired) electrons. The molecule has 1 aliphatic heterocycles. The molecule has 0 saturated carbocycles. The molecule has 0 bridgehead atoms. The van der Waals surface area contributed by atoms with Crippen molar-refractivity contribution in [2.75, 3.05) is 29.2 Å². The van der Waals surface area contributed by atoms with E-state index in [4.69, 9.17) is 10.8 Å². The van der Waals surface area contributed by atoms with Gasteiger partial charge in [-0.3, -0.25) is 0 Å². The fourth-order valence-electron chi connectivity index (χ4n) is 2.17. The predicted molar refractivity (Wildman–Crippen MR) is 71.1 cm³/mol. The highest BCUT2D eigenvalue weighted by molar-refractivity contribution is 7.91. The van der Waals surface area contributed by atoms with E-state index in [1.54, 1.807) is 11.9 Å². The summed E-state index contributed by atoms with van der Waals surface area (Å²) in [6.45, 7) is 0. The fraction of sp³-hybridized carbons (Fsp3) is 0.455. The number of anilines is 2. The highest BCUT2D eigenvalue weighted by Crippen LogP contribution is 2.25. The molecule has 0 aromatic carbocycles. The molecule has 1 aromatic heterocycles. The highest BCUT2D eigenvalue weighted by Gasteiger charge is 2.32. The van der Waals surface area contributed by atoms with Crippen molar-refractivity contribution in [2.45, 2.75) is 12.5 Å². The largest absolute Gasteiger partial charge is 0.478 e. The molecule has 104 valence electrons. The zero-order chi connectivity index (χ0) is 14.2. The standard InChI is InChI=1S/C11H15N3O4S/c1-14(8-2-3-19(17,18)6-8)10-9(11(15)16)4-7(12)5-13-10/h4-5,8H,2-3,6,12H2,1H3,(H,15,16). The van der Waals surface area contributed by atoms with Gasteiger partial charge in [0, 0.05) is 13.1 Å². The molecule has 3 N–H and O–H groups in total. The van der Waals surface area contributed by atoms with Crippen molar-refractivity contribution in [3.63, 3.8) is 0 Å². The van der Waals surface area contributed by atoms with Crippen LogP contribution >= 0.6 is 0 Å². The number of pyridine rings is 1. The van der Waals surface area contributed by atoms with Gasteiger partial charge in [0.2, 0.25) is 0 Å². The lowest BCUT2D eigenvalue weighted by Crippen LogP contribution is -2.34. The first kappa shape index (κ1) is 13.6. The summed E-state index contributed by atoms with van der Waals surface area (Å²) in [5.74, 6) is -0.750. The summed E-state index contributed by atoms with van der Waals surface area (Å²) in [7, 11) is -1.38. The molecule has 2 heterocycles. The highest BCUT2D eigenvalue weighted by atomic mass is 32.2. The molecule has 1 fully saturated rings. The van der Waals surface area contributed by atoms with E-state index in [0.29, 0.717) is 6.42 Å². The Morgan fingerprint density at radius 1 is 1.58 bits per heavy atom. The molecule has 0 aliphatic carbocycles. The maximum absolute atomic E-state index is 11.5. The number of nitrogens with two attached hydrogens (primary N) is 1. The van der Waals surface area contributed by atoms with E-state index in [0.717, 1.165) is 0 Å². The molecule has 1 unspecified atom stereocenters. The van der Waals surface area contributed by atoms with Crippen LogP contribution in [0.2, 0.25) is 0 Å². The predicted octanol–water partition coefficient (Wildman–Crippen LogP) is -0.0147. The number of sulfone groups is 1. The van der Waals surface area contributed by atoms with E-state index < -0.39 is 15.8 Å². The van der Waals surface area contributed by atoms with Gasteiger partial charge in [-0.2, -0.15) is 0 Å². The van der Waals surface area contributed by atoms with Gasteiger partial charge in [-0.1, -0.05) is 0 Å². The zero-order valence-electron chi connectivity index (χ0n) is 10.4. The number of nitrogens with zero attached hydrogens (tertiary/aromatic N) is 2. The minimum atomic E-state index is -3.03. The maximum atomic E-state index is 11.5. The second-order valence-corrected chi connectivity index (χ2v) is 6.84. The molecule has 0 amide bonds. The Balaban J connectivity index is 2.34. The van der Waals surface area contributed by atoms with Crippen molar-refractivity contribution in [3.05, 3.63) is 17.8 Å². The summed E-state index contributed by atoms with van der Waals surface area (Å²) in [6, 6.07) is 1.07. The third kappa shape index (κ3) is 2.78. The fourth-order valence-corrected chi connectivity index (χ4v) is 3.94. The Bertz CT molecular complexity index is 614. The van der Waals surface area contributed by atoms with Crippen molar-refractivity contribution in [3.8, 4) is 0 Å². The Hall–Kier alpha value is -1.83. The van der Waals surface area contributed by atoms with Crippen molar-refractivity contribution < 1.29 is 18.3 Å². The van der Waals surface area contributed by atoms with Gasteiger partial charge in [0.25, 0.3) is 0 Å². The van der Waals surface area contributed by atoms with Crippen molar-refractivity contribution in [1.29, 1.82) is 0 Å². The van der Waals surface area contributed by atoms with Gasteiger partial charge < -0.3 is 15.7 Å². The number of carbonyl (C=O) groups is 1. The lowest BCUT2D eigenvalue weighted by atomic mass is 10.2. The Kier molecular flexibility index (Phi) is 3.36. The lowest BCUT2D eigenvalue weighted by Gasteiger charge is -2.25. The summed E-state index contributed by atoms with van der Waals surface area (Å²) in [5.41, 5.74) is 5.76. The van der Waals surface area contributed by atoms with Gasteiger partial charge in [-0.15, -0.1) is 0 Å². The van der Waals surface area contributed by atoms with Gasteiger partial charge in [0.15, 0.2) is 9.84 Å². The lowest BCUT2D eigenvalue weighted by molar-refractivity contribution is 0.0697. The van der Waals surface area contributed by atoms with Crippen LogP contribution < -0.4 is 10.6 Å². The topological polar surface area (TPSA) is 114 Å². The van der Waals surface area contributed by atoms with Crippen LogP contribution in [0.3, 0.4) is 0 Å².